The summed E-state index contributed by atoms with van der Waals surface area (Å²) >= 11 is 0. The summed E-state index contributed by atoms with van der Waals surface area (Å²) in [5.41, 5.74) is 7.69. The molecule has 6 aromatic rings. The Morgan fingerprint density at radius 1 is 0.947 bits per heavy atom. The number of anilines is 1. The van der Waals surface area contributed by atoms with Gasteiger partial charge in [0.05, 0.1) is 16.7 Å². The van der Waals surface area contributed by atoms with Crippen molar-refractivity contribution in [3.05, 3.63) is 114 Å². The van der Waals surface area contributed by atoms with Gasteiger partial charge < -0.3 is 15.2 Å². The number of phenolic OH excluding ortho intramolecular Hbond substituents is 1. The van der Waals surface area contributed by atoms with Crippen molar-refractivity contribution in [2.24, 2.45) is 0 Å². The maximum absolute atomic E-state index is 12.7. The summed E-state index contributed by atoms with van der Waals surface area (Å²) in [6.45, 7) is 1.73. The van der Waals surface area contributed by atoms with Gasteiger partial charge in [-0.05, 0) is 78.6 Å². The fraction of sp³-hybridized carbons (Fsp3) is 0.0968. The molecule has 6 rings (SSSR count). The molecule has 1 unspecified atom stereocenters. The maximum atomic E-state index is 12.7. The summed E-state index contributed by atoms with van der Waals surface area (Å²) in [6.07, 6.45) is 0.0837. The van der Waals surface area contributed by atoms with Crippen LogP contribution in [0.3, 0.4) is 0 Å². The fourth-order valence-electron chi connectivity index (χ4n) is 4.46. The van der Waals surface area contributed by atoms with Gasteiger partial charge in [0.15, 0.2) is 11.8 Å². The van der Waals surface area contributed by atoms with E-state index in [1.54, 1.807) is 19.1 Å². The van der Waals surface area contributed by atoms with Crippen LogP contribution in [0.4, 0.5) is 5.69 Å². The molecule has 0 bridgehead atoms. The number of imidazole rings is 1. The standard InChI is InChI=1S/C31H26N4O3/c1-20(38-26-16-8-22(9-17-26)18-21-6-14-25(36)15-7-21)31(37)32-24-12-10-23(11-13-24)28-19-30-33-27-4-2-3-5-29(27)35(30)34-28/h2-17,19-20,34,36H,18H2,1H3,(H,32,37). The number of hydrogen-bond acceptors (Lipinski definition) is 4. The van der Waals surface area contributed by atoms with Crippen molar-refractivity contribution >= 4 is 28.3 Å². The van der Waals surface area contributed by atoms with Crippen molar-refractivity contribution in [2.45, 2.75) is 19.4 Å². The zero-order valence-electron chi connectivity index (χ0n) is 20.8. The van der Waals surface area contributed by atoms with Crippen LogP contribution in [0.2, 0.25) is 0 Å². The molecule has 0 saturated heterocycles. The second-order valence-electron chi connectivity index (χ2n) is 9.28. The Balaban J connectivity index is 1.07. The summed E-state index contributed by atoms with van der Waals surface area (Å²) < 4.78 is 7.83. The van der Waals surface area contributed by atoms with Crippen LogP contribution in [0.5, 0.6) is 11.5 Å². The average Bonchev–Trinajstić information content (AvgIpc) is 3.50. The number of aromatic amines is 1. The zero-order valence-corrected chi connectivity index (χ0v) is 20.8. The highest BCUT2D eigenvalue weighted by molar-refractivity contribution is 5.94. The monoisotopic (exact) mass is 502 g/mol. The largest absolute Gasteiger partial charge is 0.508 e. The Morgan fingerprint density at radius 2 is 1.63 bits per heavy atom. The molecule has 0 spiro atoms. The van der Waals surface area contributed by atoms with E-state index in [4.69, 9.17) is 4.74 Å². The van der Waals surface area contributed by atoms with Gasteiger partial charge in [-0.25, -0.2) is 9.50 Å². The number of carbonyl (C=O) groups excluding carboxylic acids is 1. The van der Waals surface area contributed by atoms with E-state index in [1.165, 1.54) is 0 Å². The minimum Gasteiger partial charge on any atom is -0.508 e. The highest BCUT2D eigenvalue weighted by Gasteiger charge is 2.15. The van der Waals surface area contributed by atoms with Crippen LogP contribution in [0.15, 0.2) is 103 Å². The fourth-order valence-corrected chi connectivity index (χ4v) is 4.46. The minimum atomic E-state index is -0.665. The Kier molecular flexibility index (Phi) is 6.01. The first-order chi connectivity index (χ1) is 18.5. The van der Waals surface area contributed by atoms with Gasteiger partial charge in [0.1, 0.15) is 11.5 Å². The van der Waals surface area contributed by atoms with Gasteiger partial charge in [0, 0.05) is 11.8 Å². The van der Waals surface area contributed by atoms with Gasteiger partial charge in [-0.15, -0.1) is 0 Å². The molecule has 38 heavy (non-hydrogen) atoms. The number of aromatic nitrogens is 3. The Bertz CT molecular complexity index is 1720. The second kappa shape index (κ2) is 9.78. The van der Waals surface area contributed by atoms with Gasteiger partial charge in [-0.1, -0.05) is 48.5 Å². The number of ether oxygens (including phenoxy) is 1. The van der Waals surface area contributed by atoms with Gasteiger partial charge in [0.25, 0.3) is 5.91 Å². The molecular formula is C31H26N4O3. The summed E-state index contributed by atoms with van der Waals surface area (Å²) in [5, 5.41) is 15.8. The summed E-state index contributed by atoms with van der Waals surface area (Å²) in [5.74, 6) is 0.656. The quantitative estimate of drug-likeness (QED) is 0.243. The molecule has 188 valence electrons. The third-order valence-electron chi connectivity index (χ3n) is 6.51. The molecule has 3 N–H and O–H groups in total. The topological polar surface area (TPSA) is 91.7 Å². The van der Waals surface area contributed by atoms with Crippen LogP contribution in [0, 0.1) is 0 Å². The lowest BCUT2D eigenvalue weighted by atomic mass is 10.0. The van der Waals surface area contributed by atoms with E-state index in [1.807, 2.05) is 95.5 Å². The van der Waals surface area contributed by atoms with Gasteiger partial charge in [0.2, 0.25) is 0 Å². The number of benzene rings is 4. The first-order valence-corrected chi connectivity index (χ1v) is 12.4. The molecule has 0 radical (unpaired) electrons. The van der Waals surface area contributed by atoms with Crippen LogP contribution >= 0.6 is 0 Å². The SMILES string of the molecule is CC(Oc1ccc(Cc2ccc(O)cc2)cc1)C(=O)Nc1ccc(-c2cc3nc4ccccc4n3[nH]2)cc1. The lowest BCUT2D eigenvalue weighted by molar-refractivity contribution is -0.122. The molecule has 0 aliphatic carbocycles. The molecule has 0 aliphatic heterocycles. The van der Waals surface area contributed by atoms with Crippen LogP contribution in [0.25, 0.3) is 27.9 Å². The number of nitrogens with zero attached hydrogens (tertiary/aromatic N) is 2. The number of rotatable bonds is 7. The molecule has 1 amide bonds. The number of phenols is 1. The van der Waals surface area contributed by atoms with E-state index in [0.29, 0.717) is 11.4 Å². The number of H-pyrrole nitrogens is 1. The summed E-state index contributed by atoms with van der Waals surface area (Å²) in [6, 6.07) is 32.5. The van der Waals surface area contributed by atoms with E-state index in [2.05, 4.69) is 15.4 Å². The second-order valence-corrected chi connectivity index (χ2v) is 9.28. The molecule has 7 nitrogen and oxygen atoms in total. The highest BCUT2D eigenvalue weighted by Crippen LogP contribution is 2.25. The number of amides is 1. The predicted octanol–water partition coefficient (Wildman–Crippen LogP) is 6.19. The maximum Gasteiger partial charge on any atom is 0.265 e. The van der Waals surface area contributed by atoms with Gasteiger partial charge in [-0.2, -0.15) is 0 Å². The first-order valence-electron chi connectivity index (χ1n) is 12.4. The summed E-state index contributed by atoms with van der Waals surface area (Å²) in [4.78, 5) is 17.4. The number of para-hydroxylation sites is 2. The predicted molar refractivity (Wildman–Crippen MR) is 149 cm³/mol. The number of carbonyl (C=O) groups is 1. The Morgan fingerprint density at radius 3 is 2.37 bits per heavy atom. The van der Waals surface area contributed by atoms with Crippen molar-refractivity contribution in [1.82, 2.24) is 14.6 Å². The first kappa shape index (κ1) is 23.4. The highest BCUT2D eigenvalue weighted by atomic mass is 16.5. The molecule has 2 aromatic heterocycles. The van der Waals surface area contributed by atoms with Crippen molar-refractivity contribution in [2.75, 3.05) is 5.32 Å². The van der Waals surface area contributed by atoms with Crippen LogP contribution in [0.1, 0.15) is 18.1 Å². The van der Waals surface area contributed by atoms with E-state index in [-0.39, 0.29) is 11.7 Å². The van der Waals surface area contributed by atoms with Crippen molar-refractivity contribution < 1.29 is 14.6 Å². The van der Waals surface area contributed by atoms with Crippen LogP contribution in [-0.4, -0.2) is 31.7 Å². The smallest absolute Gasteiger partial charge is 0.265 e. The molecular weight excluding hydrogens is 476 g/mol. The number of fused-ring (bicyclic) bond motifs is 3. The van der Waals surface area contributed by atoms with Crippen molar-refractivity contribution in [1.29, 1.82) is 0 Å². The molecule has 1 atom stereocenters. The molecule has 0 saturated carbocycles. The molecule has 2 heterocycles. The average molecular weight is 503 g/mol. The van der Waals surface area contributed by atoms with E-state index < -0.39 is 6.10 Å². The van der Waals surface area contributed by atoms with E-state index in [9.17, 15) is 9.90 Å². The number of hydrogen-bond donors (Lipinski definition) is 3. The Hall–Kier alpha value is -5.04. The van der Waals surface area contributed by atoms with E-state index >= 15 is 0 Å². The summed E-state index contributed by atoms with van der Waals surface area (Å²) in [7, 11) is 0. The molecule has 7 heteroatoms. The minimum absolute atomic E-state index is 0.226. The Labute approximate surface area is 219 Å². The normalized spacial score (nSPS) is 12.0. The van der Waals surface area contributed by atoms with Gasteiger partial charge >= 0.3 is 0 Å². The number of nitrogens with one attached hydrogen (secondary N) is 2. The lowest BCUT2D eigenvalue weighted by Gasteiger charge is -2.15. The van der Waals surface area contributed by atoms with Crippen molar-refractivity contribution in [3.63, 3.8) is 0 Å². The van der Waals surface area contributed by atoms with Gasteiger partial charge in [-0.3, -0.25) is 9.89 Å². The third-order valence-corrected chi connectivity index (χ3v) is 6.51. The third kappa shape index (κ3) is 4.82. The van der Waals surface area contributed by atoms with E-state index in [0.717, 1.165) is 45.5 Å². The van der Waals surface area contributed by atoms with Crippen LogP contribution < -0.4 is 10.1 Å². The molecule has 4 aromatic carbocycles. The number of aromatic hydroxyl groups is 1. The molecule has 0 aliphatic rings. The lowest BCUT2D eigenvalue weighted by Crippen LogP contribution is -2.30. The van der Waals surface area contributed by atoms with Crippen LogP contribution in [-0.2, 0) is 11.2 Å². The van der Waals surface area contributed by atoms with Crippen molar-refractivity contribution in [3.8, 4) is 22.8 Å². The zero-order chi connectivity index (χ0) is 26.1. The molecule has 0 fully saturated rings.